The van der Waals surface area contributed by atoms with Crippen molar-refractivity contribution in [1.29, 1.82) is 0 Å². The third-order valence-electron chi connectivity index (χ3n) is 3.84. The average Bonchev–Trinajstić information content (AvgIpc) is 2.78. The second kappa shape index (κ2) is 6.30. The Kier molecular flexibility index (Phi) is 4.72. The summed E-state index contributed by atoms with van der Waals surface area (Å²) in [6.45, 7) is 4.37. The molecule has 3 heteroatoms. The number of hydrogen-bond acceptors (Lipinski definition) is 3. The summed E-state index contributed by atoms with van der Waals surface area (Å²) in [5.74, 6) is 0.598. The smallest absolute Gasteiger partial charge is 0.0482 e. The van der Waals surface area contributed by atoms with Gasteiger partial charge in [-0.25, -0.2) is 0 Å². The molecule has 0 bridgehead atoms. The van der Waals surface area contributed by atoms with E-state index in [1.54, 1.807) is 0 Å². The highest BCUT2D eigenvalue weighted by atomic mass is 15.1. The first kappa shape index (κ1) is 13.5. The number of aryl methyl sites for hydroxylation is 1. The Balaban J connectivity index is 2.07. The van der Waals surface area contributed by atoms with Gasteiger partial charge in [0.25, 0.3) is 0 Å². The van der Waals surface area contributed by atoms with Crippen molar-refractivity contribution in [1.82, 2.24) is 15.2 Å². The van der Waals surface area contributed by atoms with Gasteiger partial charge in [-0.15, -0.1) is 0 Å². The summed E-state index contributed by atoms with van der Waals surface area (Å²) in [4.78, 5) is 6.88. The fraction of sp³-hybridized carbons (Fsp3) is 0.667. The molecule has 2 unspecified atom stereocenters. The molecule has 0 radical (unpaired) electrons. The molecule has 3 nitrogen and oxygen atoms in total. The fourth-order valence-electron chi connectivity index (χ4n) is 2.94. The van der Waals surface area contributed by atoms with Crippen molar-refractivity contribution in [3.8, 4) is 0 Å². The summed E-state index contributed by atoms with van der Waals surface area (Å²) in [6.07, 6.45) is 5.57. The van der Waals surface area contributed by atoms with Gasteiger partial charge in [0.2, 0.25) is 0 Å². The van der Waals surface area contributed by atoms with Gasteiger partial charge in [0.05, 0.1) is 0 Å². The van der Waals surface area contributed by atoms with E-state index in [2.05, 4.69) is 48.4 Å². The van der Waals surface area contributed by atoms with E-state index in [0.29, 0.717) is 12.0 Å². The van der Waals surface area contributed by atoms with E-state index in [1.165, 1.54) is 30.5 Å². The zero-order valence-electron chi connectivity index (χ0n) is 11.8. The zero-order valence-corrected chi connectivity index (χ0v) is 11.8. The van der Waals surface area contributed by atoms with Crippen LogP contribution in [0.5, 0.6) is 0 Å². The lowest BCUT2D eigenvalue weighted by atomic mass is 9.94. The lowest BCUT2D eigenvalue weighted by Crippen LogP contribution is -2.37. The first-order valence-electron chi connectivity index (χ1n) is 7.04. The van der Waals surface area contributed by atoms with Crippen molar-refractivity contribution in [2.75, 3.05) is 27.2 Å². The summed E-state index contributed by atoms with van der Waals surface area (Å²) >= 11 is 0. The first-order chi connectivity index (χ1) is 8.72. The van der Waals surface area contributed by atoms with Crippen LogP contribution in [0.4, 0.5) is 0 Å². The summed E-state index contributed by atoms with van der Waals surface area (Å²) in [7, 11) is 4.29. The number of likely N-dealkylation sites (N-methyl/N-ethyl adjacent to an activating group) is 1. The van der Waals surface area contributed by atoms with Crippen molar-refractivity contribution in [2.45, 2.75) is 38.1 Å². The molecule has 1 aliphatic rings. The second-order valence-corrected chi connectivity index (χ2v) is 5.45. The minimum absolute atomic E-state index is 0.563. The third-order valence-corrected chi connectivity index (χ3v) is 3.84. The van der Waals surface area contributed by atoms with Crippen LogP contribution >= 0.6 is 0 Å². The predicted molar refractivity (Wildman–Crippen MR) is 75.9 cm³/mol. The highest BCUT2D eigenvalue weighted by molar-refractivity contribution is 5.29. The van der Waals surface area contributed by atoms with Crippen LogP contribution in [-0.2, 0) is 6.42 Å². The van der Waals surface area contributed by atoms with Gasteiger partial charge in [-0.05, 0) is 58.1 Å². The van der Waals surface area contributed by atoms with E-state index in [-0.39, 0.29) is 0 Å². The van der Waals surface area contributed by atoms with Gasteiger partial charge >= 0.3 is 0 Å². The van der Waals surface area contributed by atoms with Gasteiger partial charge < -0.3 is 10.2 Å². The minimum Gasteiger partial charge on any atom is -0.314 e. The Bertz CT molecular complexity index is 376. The number of pyridine rings is 1. The summed E-state index contributed by atoms with van der Waals surface area (Å²) in [5, 5.41) is 3.65. The van der Waals surface area contributed by atoms with Gasteiger partial charge in [-0.3, -0.25) is 4.98 Å². The van der Waals surface area contributed by atoms with Crippen LogP contribution in [0.1, 0.15) is 36.9 Å². The van der Waals surface area contributed by atoms with Gasteiger partial charge in [0.1, 0.15) is 0 Å². The van der Waals surface area contributed by atoms with Gasteiger partial charge in [-0.1, -0.05) is 13.0 Å². The van der Waals surface area contributed by atoms with Gasteiger partial charge in [0, 0.05) is 23.9 Å². The quantitative estimate of drug-likeness (QED) is 0.834. The van der Waals surface area contributed by atoms with Crippen LogP contribution in [0.25, 0.3) is 0 Å². The molecule has 0 aromatic carbocycles. The molecule has 1 aromatic heterocycles. The Morgan fingerprint density at radius 3 is 3.06 bits per heavy atom. The molecule has 0 saturated heterocycles. The number of aromatic nitrogens is 1. The van der Waals surface area contributed by atoms with E-state index >= 15 is 0 Å². The molecule has 1 aliphatic carbocycles. The standard InChI is InChI=1S/C15H25N3/c1-4-16-14(9-11-18(2)3)13-8-7-12-6-5-10-17-15(12)13/h5-6,10,13-14,16H,4,7-9,11H2,1-3H3. The van der Waals surface area contributed by atoms with Gasteiger partial charge in [-0.2, -0.15) is 0 Å². The summed E-state index contributed by atoms with van der Waals surface area (Å²) in [6, 6.07) is 4.86. The fourth-order valence-corrected chi connectivity index (χ4v) is 2.94. The normalized spacial score (nSPS) is 20.1. The Labute approximate surface area is 111 Å². The third kappa shape index (κ3) is 3.09. The SMILES string of the molecule is CCNC(CCN(C)C)C1CCc2cccnc21. The lowest BCUT2D eigenvalue weighted by Gasteiger charge is -2.26. The summed E-state index contributed by atoms with van der Waals surface area (Å²) in [5.41, 5.74) is 2.79. The minimum atomic E-state index is 0.563. The number of nitrogens with zero attached hydrogens (tertiary/aromatic N) is 2. The molecular weight excluding hydrogens is 222 g/mol. The van der Waals surface area contributed by atoms with Crippen molar-refractivity contribution in [3.05, 3.63) is 29.6 Å². The molecule has 0 spiro atoms. The number of nitrogens with one attached hydrogen (secondary N) is 1. The monoisotopic (exact) mass is 247 g/mol. The van der Waals surface area contributed by atoms with E-state index in [9.17, 15) is 0 Å². The Morgan fingerprint density at radius 2 is 2.33 bits per heavy atom. The highest BCUT2D eigenvalue weighted by Crippen LogP contribution is 2.34. The second-order valence-electron chi connectivity index (χ2n) is 5.45. The molecular formula is C15H25N3. The molecule has 0 fully saturated rings. The van der Waals surface area contributed by atoms with Crippen LogP contribution in [-0.4, -0.2) is 43.1 Å². The highest BCUT2D eigenvalue weighted by Gasteiger charge is 2.30. The van der Waals surface area contributed by atoms with Crippen molar-refractivity contribution < 1.29 is 0 Å². The molecule has 100 valence electrons. The van der Waals surface area contributed by atoms with Gasteiger partial charge in [0.15, 0.2) is 0 Å². The average molecular weight is 247 g/mol. The van der Waals surface area contributed by atoms with Crippen molar-refractivity contribution in [2.24, 2.45) is 0 Å². The molecule has 1 N–H and O–H groups in total. The molecule has 0 saturated carbocycles. The molecule has 2 atom stereocenters. The zero-order chi connectivity index (χ0) is 13.0. The van der Waals surface area contributed by atoms with E-state index < -0.39 is 0 Å². The van der Waals surface area contributed by atoms with Crippen LogP contribution in [0.15, 0.2) is 18.3 Å². The number of fused-ring (bicyclic) bond motifs is 1. The van der Waals surface area contributed by atoms with Crippen LogP contribution < -0.4 is 5.32 Å². The maximum Gasteiger partial charge on any atom is 0.0482 e. The molecule has 1 aromatic rings. The molecule has 1 heterocycles. The van der Waals surface area contributed by atoms with E-state index in [1.807, 2.05) is 6.20 Å². The topological polar surface area (TPSA) is 28.2 Å². The predicted octanol–water partition coefficient (Wildman–Crippen LogP) is 2.04. The first-order valence-corrected chi connectivity index (χ1v) is 7.04. The van der Waals surface area contributed by atoms with Crippen LogP contribution in [0.2, 0.25) is 0 Å². The van der Waals surface area contributed by atoms with Crippen LogP contribution in [0.3, 0.4) is 0 Å². The van der Waals surface area contributed by atoms with E-state index in [4.69, 9.17) is 0 Å². The Hall–Kier alpha value is -0.930. The van der Waals surface area contributed by atoms with E-state index in [0.717, 1.165) is 13.1 Å². The maximum absolute atomic E-state index is 4.62. The molecule has 2 rings (SSSR count). The Morgan fingerprint density at radius 1 is 1.50 bits per heavy atom. The summed E-state index contributed by atoms with van der Waals surface area (Å²) < 4.78 is 0. The van der Waals surface area contributed by atoms with Crippen LogP contribution in [0, 0.1) is 0 Å². The lowest BCUT2D eigenvalue weighted by molar-refractivity contribution is 0.331. The number of hydrogen-bond donors (Lipinski definition) is 1. The van der Waals surface area contributed by atoms with Crippen molar-refractivity contribution in [3.63, 3.8) is 0 Å². The molecule has 0 aliphatic heterocycles. The number of rotatable bonds is 6. The van der Waals surface area contributed by atoms with Crippen molar-refractivity contribution >= 4 is 0 Å². The largest absolute Gasteiger partial charge is 0.314 e. The molecule has 0 amide bonds. The molecule has 18 heavy (non-hydrogen) atoms. The maximum atomic E-state index is 4.62.